The molecule has 2 atom stereocenters. The number of rotatable bonds is 6. The maximum atomic E-state index is 11.8. The molecule has 1 aliphatic heterocycles. The van der Waals surface area contributed by atoms with E-state index in [-0.39, 0.29) is 24.5 Å². The number of carboxylic acid groups (broad SMARTS) is 1. The van der Waals surface area contributed by atoms with Crippen molar-refractivity contribution in [1.82, 2.24) is 15.5 Å². The third kappa shape index (κ3) is 6.42. The van der Waals surface area contributed by atoms with Gasteiger partial charge < -0.3 is 20.6 Å². The number of likely N-dealkylation sites (tertiary alicyclic amines) is 1. The zero-order valence-corrected chi connectivity index (χ0v) is 11.8. The van der Waals surface area contributed by atoms with Crippen molar-refractivity contribution in [2.75, 3.05) is 19.6 Å². The van der Waals surface area contributed by atoms with Crippen LogP contribution in [0.25, 0.3) is 0 Å². The molecule has 1 rings (SSSR count). The van der Waals surface area contributed by atoms with Crippen molar-refractivity contribution < 1.29 is 14.7 Å². The standard InChI is InChI=1S/C13H25N3O3/c1-3-16-8-4-5-11(9-16)15-13(19)14-10(2)6-7-12(17)18/h10-11H,3-9H2,1-2H3,(H,17,18)(H2,14,15,19). The molecule has 19 heavy (non-hydrogen) atoms. The van der Waals surface area contributed by atoms with Crippen LogP contribution in [0.4, 0.5) is 4.79 Å². The molecule has 3 N–H and O–H groups in total. The van der Waals surface area contributed by atoms with Gasteiger partial charge >= 0.3 is 12.0 Å². The molecule has 1 fully saturated rings. The highest BCUT2D eigenvalue weighted by Crippen LogP contribution is 2.09. The SMILES string of the molecule is CCN1CCCC(NC(=O)NC(C)CCC(=O)O)C1. The average molecular weight is 271 g/mol. The Morgan fingerprint density at radius 2 is 2.21 bits per heavy atom. The number of amides is 2. The Kier molecular flexibility index (Phi) is 6.62. The fraction of sp³-hybridized carbons (Fsp3) is 0.846. The van der Waals surface area contributed by atoms with Crippen molar-refractivity contribution in [2.45, 2.75) is 51.6 Å². The van der Waals surface area contributed by atoms with Crippen molar-refractivity contribution in [3.8, 4) is 0 Å². The number of carbonyl (C=O) groups is 2. The zero-order chi connectivity index (χ0) is 14.3. The fourth-order valence-electron chi connectivity index (χ4n) is 2.32. The van der Waals surface area contributed by atoms with E-state index in [9.17, 15) is 9.59 Å². The third-order valence-corrected chi connectivity index (χ3v) is 3.46. The highest BCUT2D eigenvalue weighted by atomic mass is 16.4. The monoisotopic (exact) mass is 271 g/mol. The van der Waals surface area contributed by atoms with Gasteiger partial charge in [0.25, 0.3) is 0 Å². The van der Waals surface area contributed by atoms with Gasteiger partial charge in [-0.05, 0) is 39.3 Å². The van der Waals surface area contributed by atoms with Crippen LogP contribution in [0.2, 0.25) is 0 Å². The van der Waals surface area contributed by atoms with Crippen molar-refractivity contribution >= 4 is 12.0 Å². The fourth-order valence-corrected chi connectivity index (χ4v) is 2.32. The molecule has 0 aliphatic carbocycles. The largest absolute Gasteiger partial charge is 0.481 e. The molecule has 2 amide bonds. The van der Waals surface area contributed by atoms with E-state index >= 15 is 0 Å². The number of carbonyl (C=O) groups excluding carboxylic acids is 1. The van der Waals surface area contributed by atoms with Gasteiger partial charge in [0.2, 0.25) is 0 Å². The second-order valence-corrected chi connectivity index (χ2v) is 5.18. The molecular weight excluding hydrogens is 246 g/mol. The Morgan fingerprint density at radius 3 is 2.84 bits per heavy atom. The second kappa shape index (κ2) is 7.99. The van der Waals surface area contributed by atoms with Gasteiger partial charge in [-0.2, -0.15) is 0 Å². The van der Waals surface area contributed by atoms with Gasteiger partial charge in [-0.25, -0.2) is 4.79 Å². The van der Waals surface area contributed by atoms with Crippen LogP contribution in [0.3, 0.4) is 0 Å². The van der Waals surface area contributed by atoms with Crippen molar-refractivity contribution in [3.05, 3.63) is 0 Å². The van der Waals surface area contributed by atoms with E-state index in [1.807, 2.05) is 6.92 Å². The van der Waals surface area contributed by atoms with Gasteiger partial charge in [-0.3, -0.25) is 4.79 Å². The summed E-state index contributed by atoms with van der Waals surface area (Å²) >= 11 is 0. The summed E-state index contributed by atoms with van der Waals surface area (Å²) in [4.78, 5) is 24.5. The Hall–Kier alpha value is -1.30. The first-order valence-corrected chi connectivity index (χ1v) is 7.02. The molecule has 0 aromatic carbocycles. The van der Waals surface area contributed by atoms with E-state index in [2.05, 4.69) is 22.5 Å². The molecule has 6 heteroatoms. The first-order chi connectivity index (χ1) is 9.01. The number of aliphatic carboxylic acids is 1. The van der Waals surface area contributed by atoms with Gasteiger partial charge in [0, 0.05) is 25.0 Å². The molecule has 0 radical (unpaired) electrons. The summed E-state index contributed by atoms with van der Waals surface area (Å²) in [5.41, 5.74) is 0. The van der Waals surface area contributed by atoms with Crippen LogP contribution in [0.15, 0.2) is 0 Å². The van der Waals surface area contributed by atoms with E-state index in [1.54, 1.807) is 0 Å². The predicted octanol–water partition coefficient (Wildman–Crippen LogP) is 1.02. The Balaban J connectivity index is 2.24. The van der Waals surface area contributed by atoms with Crippen LogP contribution in [0.1, 0.15) is 39.5 Å². The lowest BCUT2D eigenvalue weighted by molar-refractivity contribution is -0.137. The van der Waals surface area contributed by atoms with Crippen molar-refractivity contribution in [2.24, 2.45) is 0 Å². The third-order valence-electron chi connectivity index (χ3n) is 3.46. The lowest BCUT2D eigenvalue weighted by atomic mass is 10.1. The molecule has 2 unspecified atom stereocenters. The maximum absolute atomic E-state index is 11.8. The van der Waals surface area contributed by atoms with Crippen LogP contribution in [-0.4, -0.2) is 53.7 Å². The summed E-state index contributed by atoms with van der Waals surface area (Å²) in [5, 5.41) is 14.3. The van der Waals surface area contributed by atoms with Crippen molar-refractivity contribution in [1.29, 1.82) is 0 Å². The average Bonchev–Trinajstić information content (AvgIpc) is 2.36. The first-order valence-electron chi connectivity index (χ1n) is 7.02. The quantitative estimate of drug-likeness (QED) is 0.674. The zero-order valence-electron chi connectivity index (χ0n) is 11.8. The summed E-state index contributed by atoms with van der Waals surface area (Å²) in [5.74, 6) is -0.833. The van der Waals surface area contributed by atoms with Gasteiger partial charge in [0.15, 0.2) is 0 Å². The van der Waals surface area contributed by atoms with E-state index in [4.69, 9.17) is 5.11 Å². The van der Waals surface area contributed by atoms with Crippen LogP contribution in [0, 0.1) is 0 Å². The van der Waals surface area contributed by atoms with Crippen LogP contribution >= 0.6 is 0 Å². The van der Waals surface area contributed by atoms with Gasteiger partial charge in [0.1, 0.15) is 0 Å². The van der Waals surface area contributed by atoms with Crippen molar-refractivity contribution in [3.63, 3.8) is 0 Å². The highest BCUT2D eigenvalue weighted by Gasteiger charge is 2.20. The molecule has 0 aromatic heterocycles. The molecule has 110 valence electrons. The smallest absolute Gasteiger partial charge is 0.315 e. The Bertz CT molecular complexity index is 310. The van der Waals surface area contributed by atoms with E-state index in [0.717, 1.165) is 32.5 Å². The summed E-state index contributed by atoms with van der Waals surface area (Å²) < 4.78 is 0. The van der Waals surface area contributed by atoms with Crippen LogP contribution in [0.5, 0.6) is 0 Å². The topological polar surface area (TPSA) is 81.7 Å². The van der Waals surface area contributed by atoms with Crippen LogP contribution in [-0.2, 0) is 4.79 Å². The summed E-state index contributed by atoms with van der Waals surface area (Å²) in [6.07, 6.45) is 2.64. The molecule has 0 saturated carbocycles. The second-order valence-electron chi connectivity index (χ2n) is 5.18. The highest BCUT2D eigenvalue weighted by molar-refractivity contribution is 5.74. The number of hydrogen-bond donors (Lipinski definition) is 3. The number of piperidine rings is 1. The minimum Gasteiger partial charge on any atom is -0.481 e. The van der Waals surface area contributed by atoms with E-state index in [1.165, 1.54) is 0 Å². The maximum Gasteiger partial charge on any atom is 0.315 e. The number of hydrogen-bond acceptors (Lipinski definition) is 3. The van der Waals surface area contributed by atoms with Crippen LogP contribution < -0.4 is 10.6 Å². The molecule has 0 aromatic rings. The van der Waals surface area contributed by atoms with Gasteiger partial charge in [0.05, 0.1) is 0 Å². The predicted molar refractivity (Wildman–Crippen MR) is 73.1 cm³/mol. The first kappa shape index (κ1) is 15.8. The molecule has 1 heterocycles. The van der Waals surface area contributed by atoms with E-state index < -0.39 is 5.97 Å². The number of carboxylic acids is 1. The lowest BCUT2D eigenvalue weighted by Crippen LogP contribution is -2.51. The molecule has 1 aliphatic rings. The number of urea groups is 1. The lowest BCUT2D eigenvalue weighted by Gasteiger charge is -2.32. The Labute approximate surface area is 114 Å². The molecule has 1 saturated heterocycles. The molecule has 6 nitrogen and oxygen atoms in total. The number of likely N-dealkylation sites (N-methyl/N-ethyl adjacent to an activating group) is 1. The normalized spacial score (nSPS) is 21.7. The summed E-state index contributed by atoms with van der Waals surface area (Å²) in [6, 6.07) is -0.122. The minimum atomic E-state index is -0.833. The minimum absolute atomic E-state index is 0.0779. The van der Waals surface area contributed by atoms with Gasteiger partial charge in [-0.15, -0.1) is 0 Å². The molecule has 0 spiro atoms. The number of nitrogens with zero attached hydrogens (tertiary/aromatic N) is 1. The van der Waals surface area contributed by atoms with E-state index in [0.29, 0.717) is 6.42 Å². The summed E-state index contributed by atoms with van der Waals surface area (Å²) in [6.45, 7) is 6.95. The molecular formula is C13H25N3O3. The van der Waals surface area contributed by atoms with Gasteiger partial charge in [-0.1, -0.05) is 6.92 Å². The summed E-state index contributed by atoms with van der Waals surface area (Å²) in [7, 11) is 0. The molecule has 0 bridgehead atoms. The number of nitrogens with one attached hydrogen (secondary N) is 2. The Morgan fingerprint density at radius 1 is 1.47 bits per heavy atom.